The van der Waals surface area contributed by atoms with Crippen LogP contribution in [0.1, 0.15) is 213 Å². The van der Waals surface area contributed by atoms with Crippen LogP contribution in [0.4, 0.5) is 0 Å². The molecule has 0 aromatic rings. The van der Waals surface area contributed by atoms with E-state index in [2.05, 4.69) is 63.3 Å². The van der Waals surface area contributed by atoms with Gasteiger partial charge in [-0.05, 0) is 64.2 Å². The highest BCUT2D eigenvalue weighted by Gasteiger charge is 2.19. The van der Waals surface area contributed by atoms with Crippen LogP contribution in [0.25, 0.3) is 0 Å². The van der Waals surface area contributed by atoms with Crippen LogP contribution in [0, 0.1) is 0 Å². The Bertz CT molecular complexity index is 1250. The number of unbranched alkanes of at least 4 members (excludes halogenated alkanes) is 20. The van der Waals surface area contributed by atoms with Crippen LogP contribution in [0.5, 0.6) is 0 Å². The quantitative estimate of drug-likeness (QED) is 0.0200. The van der Waals surface area contributed by atoms with E-state index in [0.717, 1.165) is 83.5 Å². The Morgan fingerprint density at radius 1 is 0.361 bits per heavy atom. The maximum absolute atomic E-state index is 12.8. The number of rotatable bonds is 43. The summed E-state index contributed by atoms with van der Waals surface area (Å²) in [5.41, 5.74) is 0. The summed E-state index contributed by atoms with van der Waals surface area (Å²) in [6.07, 6.45) is 63.9. The van der Waals surface area contributed by atoms with Gasteiger partial charge in [0.05, 0.1) is 0 Å². The number of carbonyl (C=O) groups is 3. The molecule has 0 aliphatic rings. The average Bonchev–Trinajstić information content (AvgIpc) is 3.26. The van der Waals surface area contributed by atoms with Gasteiger partial charge >= 0.3 is 17.9 Å². The number of ether oxygens (including phenoxy) is 3. The normalized spacial score (nSPS) is 12.9. The zero-order valence-electron chi connectivity index (χ0n) is 39.4. The largest absolute Gasteiger partial charge is 0.462 e. The van der Waals surface area contributed by atoms with Crippen LogP contribution >= 0.6 is 0 Å². The minimum atomic E-state index is -0.810. The van der Waals surface area contributed by atoms with Crippen LogP contribution in [-0.4, -0.2) is 37.2 Å². The standard InChI is InChI=1S/C55H90O6/c1-4-7-10-13-16-19-22-25-27-28-31-33-36-39-42-45-48-54(57)60-51-52(50-59-53(56)47-44-41-38-35-32-29-24-21-18-15-12-9-6-3)61-55(58)49-46-43-40-37-34-30-26-23-20-17-14-11-8-5-2/h7,9-10,12,15-16,18-19,21,24-25,27,29,32,35,38,52H,4-6,8,11,13-14,17,20,22-23,26,28,30-31,33-34,36-37,39-51H2,1-3H3/b10-7+,12-9+,18-15+,19-16+,24-21+,27-25+,32-29+,38-35+. The first-order valence-electron chi connectivity index (χ1n) is 24.8. The lowest BCUT2D eigenvalue weighted by molar-refractivity contribution is -0.167. The van der Waals surface area contributed by atoms with E-state index < -0.39 is 6.10 Å². The van der Waals surface area contributed by atoms with Gasteiger partial charge in [0.2, 0.25) is 0 Å². The maximum atomic E-state index is 12.8. The fourth-order valence-electron chi connectivity index (χ4n) is 6.54. The van der Waals surface area contributed by atoms with Gasteiger partial charge in [-0.1, -0.05) is 227 Å². The first-order chi connectivity index (χ1) is 30.0. The summed E-state index contributed by atoms with van der Waals surface area (Å²) in [4.78, 5) is 37.9. The van der Waals surface area contributed by atoms with Crippen molar-refractivity contribution < 1.29 is 28.6 Å². The molecule has 0 rings (SSSR count). The molecule has 0 aliphatic heterocycles. The van der Waals surface area contributed by atoms with Gasteiger partial charge < -0.3 is 14.2 Å². The predicted octanol–water partition coefficient (Wildman–Crippen LogP) is 16.2. The molecule has 0 radical (unpaired) electrons. The molecule has 0 aromatic heterocycles. The van der Waals surface area contributed by atoms with Crippen LogP contribution in [0.3, 0.4) is 0 Å². The van der Waals surface area contributed by atoms with Crippen molar-refractivity contribution in [3.63, 3.8) is 0 Å². The molecule has 0 aromatic carbocycles. The number of carbonyl (C=O) groups excluding carboxylic acids is 3. The topological polar surface area (TPSA) is 78.9 Å². The second-order valence-electron chi connectivity index (χ2n) is 16.1. The molecule has 61 heavy (non-hydrogen) atoms. The second kappa shape index (κ2) is 49.0. The molecule has 0 bridgehead atoms. The summed E-state index contributed by atoms with van der Waals surface area (Å²) in [6.45, 7) is 6.30. The van der Waals surface area contributed by atoms with E-state index >= 15 is 0 Å². The first kappa shape index (κ1) is 57.3. The van der Waals surface area contributed by atoms with Crippen LogP contribution < -0.4 is 0 Å². The summed E-state index contributed by atoms with van der Waals surface area (Å²) in [5.74, 6) is -0.998. The predicted molar refractivity (Wildman–Crippen MR) is 260 cm³/mol. The minimum Gasteiger partial charge on any atom is -0.462 e. The lowest BCUT2D eigenvalue weighted by atomic mass is 10.0. The smallest absolute Gasteiger partial charge is 0.306 e. The molecule has 1 unspecified atom stereocenters. The lowest BCUT2D eigenvalue weighted by Crippen LogP contribution is -2.30. The molecule has 0 spiro atoms. The van der Waals surface area contributed by atoms with Crippen molar-refractivity contribution in [2.75, 3.05) is 13.2 Å². The van der Waals surface area contributed by atoms with Crippen molar-refractivity contribution in [2.45, 2.75) is 219 Å². The summed E-state index contributed by atoms with van der Waals surface area (Å²) in [7, 11) is 0. The molecular formula is C55H90O6. The molecule has 1 atom stereocenters. The van der Waals surface area contributed by atoms with E-state index in [1.54, 1.807) is 0 Å². The summed E-state index contributed by atoms with van der Waals surface area (Å²) < 4.78 is 16.7. The lowest BCUT2D eigenvalue weighted by Gasteiger charge is -2.18. The zero-order chi connectivity index (χ0) is 44.4. The Kier molecular flexibility index (Phi) is 46.0. The molecule has 6 nitrogen and oxygen atoms in total. The van der Waals surface area contributed by atoms with Gasteiger partial charge in [-0.25, -0.2) is 0 Å². The van der Waals surface area contributed by atoms with Crippen molar-refractivity contribution in [3.05, 3.63) is 97.2 Å². The summed E-state index contributed by atoms with van der Waals surface area (Å²) in [6, 6.07) is 0. The van der Waals surface area contributed by atoms with Gasteiger partial charge in [0.1, 0.15) is 13.2 Å². The fraction of sp³-hybridized carbons (Fsp3) is 0.655. The average molecular weight is 847 g/mol. The molecular weight excluding hydrogens is 757 g/mol. The van der Waals surface area contributed by atoms with Gasteiger partial charge in [-0.3, -0.25) is 14.4 Å². The molecule has 0 saturated carbocycles. The van der Waals surface area contributed by atoms with E-state index in [-0.39, 0.29) is 37.5 Å². The van der Waals surface area contributed by atoms with E-state index in [4.69, 9.17) is 14.2 Å². The van der Waals surface area contributed by atoms with Gasteiger partial charge in [-0.2, -0.15) is 0 Å². The molecule has 0 amide bonds. The summed E-state index contributed by atoms with van der Waals surface area (Å²) in [5, 5.41) is 0. The highest BCUT2D eigenvalue weighted by atomic mass is 16.6. The molecule has 0 heterocycles. The molecule has 6 heteroatoms. The van der Waals surface area contributed by atoms with Gasteiger partial charge in [0.25, 0.3) is 0 Å². The Labute approximate surface area is 375 Å². The van der Waals surface area contributed by atoms with Gasteiger partial charge in [0.15, 0.2) is 6.10 Å². The first-order valence-corrected chi connectivity index (χ1v) is 24.8. The van der Waals surface area contributed by atoms with Crippen LogP contribution in [0.2, 0.25) is 0 Å². The molecule has 0 saturated heterocycles. The second-order valence-corrected chi connectivity index (χ2v) is 16.1. The number of hydrogen-bond donors (Lipinski definition) is 0. The fourth-order valence-corrected chi connectivity index (χ4v) is 6.54. The third-order valence-electron chi connectivity index (χ3n) is 10.2. The number of esters is 3. The zero-order valence-corrected chi connectivity index (χ0v) is 39.4. The Hall–Kier alpha value is -3.67. The Balaban J connectivity index is 4.50. The Morgan fingerprint density at radius 2 is 0.738 bits per heavy atom. The van der Waals surface area contributed by atoms with Gasteiger partial charge in [-0.15, -0.1) is 0 Å². The van der Waals surface area contributed by atoms with Crippen molar-refractivity contribution in [2.24, 2.45) is 0 Å². The molecule has 346 valence electrons. The highest BCUT2D eigenvalue weighted by molar-refractivity contribution is 5.71. The van der Waals surface area contributed by atoms with E-state index in [0.29, 0.717) is 19.3 Å². The molecule has 0 aliphatic carbocycles. The van der Waals surface area contributed by atoms with E-state index in [1.807, 2.05) is 54.7 Å². The molecule has 0 N–H and O–H groups in total. The number of allylic oxidation sites excluding steroid dienone is 16. The van der Waals surface area contributed by atoms with E-state index in [9.17, 15) is 14.4 Å². The number of hydrogen-bond acceptors (Lipinski definition) is 6. The maximum Gasteiger partial charge on any atom is 0.306 e. The minimum absolute atomic E-state index is 0.107. The van der Waals surface area contributed by atoms with Gasteiger partial charge in [0, 0.05) is 19.3 Å². The monoisotopic (exact) mass is 847 g/mol. The van der Waals surface area contributed by atoms with Crippen molar-refractivity contribution in [1.29, 1.82) is 0 Å². The van der Waals surface area contributed by atoms with Crippen molar-refractivity contribution >= 4 is 17.9 Å². The van der Waals surface area contributed by atoms with Crippen LogP contribution in [-0.2, 0) is 28.6 Å². The van der Waals surface area contributed by atoms with Crippen LogP contribution in [0.15, 0.2) is 97.2 Å². The highest BCUT2D eigenvalue weighted by Crippen LogP contribution is 2.15. The third kappa shape index (κ3) is 47.2. The SMILES string of the molecule is CC/C=C/C=C/C=C/C=C/C=C/CCCC(=O)OCC(COC(=O)CCCCCCCC/C=C/C/C=C/C/C=C/CC)OC(=O)CCCCCCCCCCCCCCCC. The molecule has 0 fully saturated rings. The third-order valence-corrected chi connectivity index (χ3v) is 10.2. The summed E-state index contributed by atoms with van der Waals surface area (Å²) >= 11 is 0. The van der Waals surface area contributed by atoms with Crippen molar-refractivity contribution in [3.8, 4) is 0 Å². The Morgan fingerprint density at radius 3 is 1.25 bits per heavy atom. The van der Waals surface area contributed by atoms with E-state index in [1.165, 1.54) is 83.5 Å². The van der Waals surface area contributed by atoms with Crippen molar-refractivity contribution in [1.82, 2.24) is 0 Å².